The molecule has 1 aliphatic rings. The highest BCUT2D eigenvalue weighted by Gasteiger charge is 2.23. The van der Waals surface area contributed by atoms with E-state index < -0.39 is 10.8 Å². The average Bonchev–Trinajstić information content (AvgIpc) is 2.41. The van der Waals surface area contributed by atoms with Gasteiger partial charge in [0, 0.05) is 24.7 Å². The van der Waals surface area contributed by atoms with Gasteiger partial charge in [0.05, 0.1) is 21.2 Å². The molecule has 7 nitrogen and oxygen atoms in total. The average molecular weight is 313 g/mol. The second kappa shape index (κ2) is 6.28. The number of nitrogen functional groups attached to an aromatic ring is 1. The van der Waals surface area contributed by atoms with E-state index >= 15 is 0 Å². The fraction of sp³-hybridized carbons (Fsp3) is 0.462. The van der Waals surface area contributed by atoms with Gasteiger partial charge < -0.3 is 16.0 Å². The standard InChI is InChI=1S/C13H17ClN4O3/c1-17-4-2-3-8(7-17)16-13(19)10-5-9(18(20)21)6-11(14)12(10)15/h5-6,8H,2-4,7,15H2,1H3,(H,16,19). The highest BCUT2D eigenvalue weighted by Crippen LogP contribution is 2.29. The molecular weight excluding hydrogens is 296 g/mol. The summed E-state index contributed by atoms with van der Waals surface area (Å²) in [6.07, 6.45) is 1.87. The molecular formula is C13H17ClN4O3. The summed E-state index contributed by atoms with van der Waals surface area (Å²) >= 11 is 5.86. The van der Waals surface area contributed by atoms with E-state index in [4.69, 9.17) is 17.3 Å². The Labute approximate surface area is 127 Å². The van der Waals surface area contributed by atoms with Gasteiger partial charge in [0.2, 0.25) is 0 Å². The lowest BCUT2D eigenvalue weighted by molar-refractivity contribution is -0.384. The van der Waals surface area contributed by atoms with Gasteiger partial charge >= 0.3 is 0 Å². The number of hydrogen-bond donors (Lipinski definition) is 2. The number of halogens is 1. The summed E-state index contributed by atoms with van der Waals surface area (Å²) in [7, 11) is 1.98. The highest BCUT2D eigenvalue weighted by atomic mass is 35.5. The molecule has 0 saturated carbocycles. The van der Waals surface area contributed by atoms with Gasteiger partial charge in [-0.15, -0.1) is 0 Å². The molecule has 114 valence electrons. The van der Waals surface area contributed by atoms with Crippen molar-refractivity contribution in [2.24, 2.45) is 0 Å². The number of non-ortho nitro benzene ring substituents is 1. The van der Waals surface area contributed by atoms with Crippen molar-refractivity contribution in [3.8, 4) is 0 Å². The Kier molecular flexibility index (Phi) is 4.64. The lowest BCUT2D eigenvalue weighted by Crippen LogP contribution is -2.46. The molecule has 1 amide bonds. The number of benzene rings is 1. The molecule has 8 heteroatoms. The number of nitrogens with zero attached hydrogens (tertiary/aromatic N) is 2. The van der Waals surface area contributed by atoms with Crippen LogP contribution in [0.4, 0.5) is 11.4 Å². The molecule has 1 fully saturated rings. The maximum absolute atomic E-state index is 12.3. The van der Waals surface area contributed by atoms with Crippen LogP contribution in [0.5, 0.6) is 0 Å². The number of nitro groups is 1. The third kappa shape index (κ3) is 3.62. The quantitative estimate of drug-likeness (QED) is 0.502. The lowest BCUT2D eigenvalue weighted by atomic mass is 10.0. The largest absolute Gasteiger partial charge is 0.397 e. The van der Waals surface area contributed by atoms with Crippen molar-refractivity contribution in [1.82, 2.24) is 10.2 Å². The van der Waals surface area contributed by atoms with E-state index in [2.05, 4.69) is 10.2 Å². The minimum absolute atomic E-state index is 0.00804. The number of nitrogens with one attached hydrogen (secondary N) is 1. The lowest BCUT2D eigenvalue weighted by Gasteiger charge is -2.30. The van der Waals surface area contributed by atoms with Crippen LogP contribution in [0.3, 0.4) is 0 Å². The van der Waals surface area contributed by atoms with E-state index in [1.54, 1.807) is 0 Å². The summed E-state index contributed by atoms with van der Waals surface area (Å²) in [5, 5.41) is 13.7. The second-order valence-electron chi connectivity index (χ2n) is 5.22. The molecule has 2 rings (SSSR count). The van der Waals surface area contributed by atoms with Gasteiger partial charge in [-0.05, 0) is 26.4 Å². The molecule has 0 aromatic heterocycles. The van der Waals surface area contributed by atoms with Crippen molar-refractivity contribution in [2.45, 2.75) is 18.9 Å². The van der Waals surface area contributed by atoms with E-state index in [9.17, 15) is 14.9 Å². The second-order valence-corrected chi connectivity index (χ2v) is 5.63. The number of likely N-dealkylation sites (tertiary alicyclic amines) is 1. The van der Waals surface area contributed by atoms with E-state index in [-0.39, 0.29) is 28.0 Å². The smallest absolute Gasteiger partial charge is 0.271 e. The third-order valence-corrected chi connectivity index (χ3v) is 3.84. The Morgan fingerprint density at radius 3 is 2.90 bits per heavy atom. The van der Waals surface area contributed by atoms with Crippen molar-refractivity contribution < 1.29 is 9.72 Å². The summed E-state index contributed by atoms with van der Waals surface area (Å²) < 4.78 is 0. The first-order chi connectivity index (χ1) is 9.88. The minimum Gasteiger partial charge on any atom is -0.397 e. The maximum Gasteiger partial charge on any atom is 0.271 e. The van der Waals surface area contributed by atoms with Gasteiger partial charge in [0.1, 0.15) is 0 Å². The van der Waals surface area contributed by atoms with Crippen LogP contribution >= 0.6 is 11.6 Å². The summed E-state index contributed by atoms with van der Waals surface area (Å²) in [6, 6.07) is 2.30. The van der Waals surface area contributed by atoms with E-state index in [0.717, 1.165) is 38.1 Å². The van der Waals surface area contributed by atoms with E-state index in [1.165, 1.54) is 0 Å². The third-order valence-electron chi connectivity index (χ3n) is 3.53. The van der Waals surface area contributed by atoms with E-state index in [0.29, 0.717) is 0 Å². The minimum atomic E-state index is -0.601. The number of anilines is 1. The number of amides is 1. The van der Waals surface area contributed by atoms with Crippen molar-refractivity contribution in [2.75, 3.05) is 25.9 Å². The zero-order valence-electron chi connectivity index (χ0n) is 11.6. The molecule has 1 aromatic rings. The van der Waals surface area contributed by atoms with Gasteiger partial charge in [-0.25, -0.2) is 0 Å². The molecule has 1 heterocycles. The fourth-order valence-electron chi connectivity index (χ4n) is 2.44. The van der Waals surface area contributed by atoms with Crippen LogP contribution in [0.1, 0.15) is 23.2 Å². The first-order valence-electron chi connectivity index (χ1n) is 6.61. The van der Waals surface area contributed by atoms with Crippen LogP contribution < -0.4 is 11.1 Å². The molecule has 0 bridgehead atoms. The van der Waals surface area contributed by atoms with Gasteiger partial charge in [0.15, 0.2) is 0 Å². The number of likely N-dealkylation sites (N-methyl/N-ethyl adjacent to an activating group) is 1. The monoisotopic (exact) mass is 312 g/mol. The first kappa shape index (κ1) is 15.5. The molecule has 0 aliphatic carbocycles. The van der Waals surface area contributed by atoms with Crippen LogP contribution in [0.25, 0.3) is 0 Å². The molecule has 3 N–H and O–H groups in total. The van der Waals surface area contributed by atoms with Crippen LogP contribution in [0.2, 0.25) is 5.02 Å². The molecule has 0 spiro atoms. The molecule has 1 aliphatic heterocycles. The Balaban J connectivity index is 2.20. The van der Waals surface area contributed by atoms with Crippen molar-refractivity contribution in [3.63, 3.8) is 0 Å². The van der Waals surface area contributed by atoms with Crippen molar-refractivity contribution in [1.29, 1.82) is 0 Å². The maximum atomic E-state index is 12.3. The number of nitro benzene ring substituents is 1. The normalized spacial score (nSPS) is 19.2. The van der Waals surface area contributed by atoms with Crippen molar-refractivity contribution >= 4 is 28.9 Å². The summed E-state index contributed by atoms with van der Waals surface area (Å²) in [5.41, 5.74) is 5.61. The molecule has 21 heavy (non-hydrogen) atoms. The fourth-order valence-corrected chi connectivity index (χ4v) is 2.66. The van der Waals surface area contributed by atoms with Crippen molar-refractivity contribution in [3.05, 3.63) is 32.8 Å². The van der Waals surface area contributed by atoms with E-state index in [1.807, 2.05) is 7.05 Å². The van der Waals surface area contributed by atoms with Gasteiger partial charge in [0.25, 0.3) is 11.6 Å². The zero-order chi connectivity index (χ0) is 15.6. The predicted molar refractivity (Wildman–Crippen MR) is 80.5 cm³/mol. The summed E-state index contributed by atoms with van der Waals surface area (Å²) in [4.78, 5) is 24.6. The Hall–Kier alpha value is -1.86. The number of piperidine rings is 1. The Morgan fingerprint density at radius 2 is 2.29 bits per heavy atom. The predicted octanol–water partition coefficient (Wildman–Crippen LogP) is 1.65. The highest BCUT2D eigenvalue weighted by molar-refractivity contribution is 6.34. The van der Waals surface area contributed by atoms with Gasteiger partial charge in [-0.3, -0.25) is 14.9 Å². The zero-order valence-corrected chi connectivity index (χ0v) is 12.4. The van der Waals surface area contributed by atoms with Gasteiger partial charge in [-0.1, -0.05) is 11.6 Å². The molecule has 1 atom stereocenters. The SMILES string of the molecule is CN1CCCC(NC(=O)c2cc([N+](=O)[O-])cc(Cl)c2N)C1. The molecule has 0 radical (unpaired) electrons. The van der Waals surface area contributed by atoms with Crippen LogP contribution in [0, 0.1) is 10.1 Å². The Morgan fingerprint density at radius 1 is 1.57 bits per heavy atom. The first-order valence-corrected chi connectivity index (χ1v) is 6.99. The van der Waals surface area contributed by atoms with Crippen LogP contribution in [-0.4, -0.2) is 41.9 Å². The topological polar surface area (TPSA) is 102 Å². The van der Waals surface area contributed by atoms with Crippen LogP contribution in [0.15, 0.2) is 12.1 Å². The molecule has 1 aromatic carbocycles. The molecule has 1 unspecified atom stereocenters. The number of nitrogens with two attached hydrogens (primary N) is 1. The summed E-state index contributed by atoms with van der Waals surface area (Å²) in [6.45, 7) is 1.74. The number of rotatable bonds is 3. The van der Waals surface area contributed by atoms with Gasteiger partial charge in [-0.2, -0.15) is 0 Å². The van der Waals surface area contributed by atoms with Crippen LogP contribution in [-0.2, 0) is 0 Å². The number of carbonyl (C=O) groups is 1. The number of carbonyl (C=O) groups excluding carboxylic acids is 1. The molecule has 1 saturated heterocycles. The number of hydrogen-bond acceptors (Lipinski definition) is 5. The Bertz CT molecular complexity index is 579. The summed E-state index contributed by atoms with van der Waals surface area (Å²) in [5.74, 6) is -0.432.